The minimum absolute atomic E-state index is 0.0417. The summed E-state index contributed by atoms with van der Waals surface area (Å²) in [6.07, 6.45) is 1.57. The Bertz CT molecular complexity index is 362. The molecule has 0 unspecified atom stereocenters. The highest BCUT2D eigenvalue weighted by molar-refractivity contribution is 7.11. The zero-order valence-electron chi connectivity index (χ0n) is 9.34. The van der Waals surface area contributed by atoms with Crippen molar-refractivity contribution in [2.75, 3.05) is 13.1 Å². The Morgan fingerprint density at radius 3 is 2.69 bits per heavy atom. The number of rotatable bonds is 5. The number of nitrogens with zero attached hydrogens (tertiary/aromatic N) is 2. The molecular formula is C10H15N3O2S. The molecule has 1 heterocycles. The fraction of sp³-hybridized carbons (Fsp3) is 0.500. The van der Waals surface area contributed by atoms with E-state index < -0.39 is 0 Å². The van der Waals surface area contributed by atoms with E-state index in [2.05, 4.69) is 4.98 Å². The van der Waals surface area contributed by atoms with Crippen LogP contribution in [-0.4, -0.2) is 40.7 Å². The number of ketones is 1. The van der Waals surface area contributed by atoms with E-state index in [1.807, 2.05) is 13.8 Å². The van der Waals surface area contributed by atoms with Crippen molar-refractivity contribution in [1.82, 2.24) is 9.88 Å². The highest BCUT2D eigenvalue weighted by Gasteiger charge is 2.20. The van der Waals surface area contributed by atoms with Crippen LogP contribution in [0, 0.1) is 0 Å². The van der Waals surface area contributed by atoms with Crippen LogP contribution < -0.4 is 5.73 Å². The second-order valence-electron chi connectivity index (χ2n) is 3.58. The number of carbonyl (C=O) groups excluding carboxylic acids is 2. The molecule has 0 spiro atoms. The van der Waals surface area contributed by atoms with Gasteiger partial charge in [0, 0.05) is 17.6 Å². The summed E-state index contributed by atoms with van der Waals surface area (Å²) in [5, 5.41) is 2.16. The van der Waals surface area contributed by atoms with Gasteiger partial charge in [-0.25, -0.2) is 4.98 Å². The second kappa shape index (κ2) is 5.72. The first-order valence-corrected chi connectivity index (χ1v) is 5.86. The number of hydrogen-bond donors (Lipinski definition) is 1. The van der Waals surface area contributed by atoms with Crippen molar-refractivity contribution in [2.45, 2.75) is 19.9 Å². The molecule has 0 saturated heterocycles. The summed E-state index contributed by atoms with van der Waals surface area (Å²) in [4.78, 5) is 28.6. The summed E-state index contributed by atoms with van der Waals surface area (Å²) < 4.78 is 0. The average Bonchev–Trinajstić information content (AvgIpc) is 2.77. The standard InChI is InChI=1S/C10H15N3O2S/c1-7(2)13(9(15)5-11)6-8(14)10-12-3-4-16-10/h3-4,7H,5-6,11H2,1-2H3. The molecule has 88 valence electrons. The first-order valence-electron chi connectivity index (χ1n) is 4.98. The predicted molar refractivity (Wildman–Crippen MR) is 62.3 cm³/mol. The van der Waals surface area contributed by atoms with Gasteiger partial charge in [-0.15, -0.1) is 11.3 Å². The number of aromatic nitrogens is 1. The van der Waals surface area contributed by atoms with Gasteiger partial charge >= 0.3 is 0 Å². The Kier molecular flexibility index (Phi) is 4.57. The number of hydrogen-bond acceptors (Lipinski definition) is 5. The van der Waals surface area contributed by atoms with Crippen LogP contribution in [0.5, 0.6) is 0 Å². The zero-order valence-corrected chi connectivity index (χ0v) is 10.2. The van der Waals surface area contributed by atoms with E-state index in [0.717, 1.165) is 0 Å². The van der Waals surface area contributed by atoms with E-state index >= 15 is 0 Å². The monoisotopic (exact) mass is 241 g/mol. The van der Waals surface area contributed by atoms with Crippen LogP contribution in [0.25, 0.3) is 0 Å². The van der Waals surface area contributed by atoms with Crippen LogP contribution in [0.15, 0.2) is 11.6 Å². The second-order valence-corrected chi connectivity index (χ2v) is 4.47. The van der Waals surface area contributed by atoms with Crippen LogP contribution in [-0.2, 0) is 4.79 Å². The molecule has 0 aliphatic heterocycles. The summed E-state index contributed by atoms with van der Waals surface area (Å²) >= 11 is 1.27. The summed E-state index contributed by atoms with van der Waals surface area (Å²) in [7, 11) is 0. The van der Waals surface area contributed by atoms with Gasteiger partial charge in [0.05, 0.1) is 13.1 Å². The predicted octanol–water partition coefficient (Wildman–Crippen LogP) is 0.522. The summed E-state index contributed by atoms with van der Waals surface area (Å²) in [6, 6.07) is -0.0417. The van der Waals surface area contributed by atoms with Crippen molar-refractivity contribution in [3.8, 4) is 0 Å². The third kappa shape index (κ3) is 3.11. The Morgan fingerprint density at radius 2 is 2.25 bits per heavy atom. The lowest BCUT2D eigenvalue weighted by atomic mass is 10.2. The van der Waals surface area contributed by atoms with Gasteiger partial charge in [0.2, 0.25) is 11.7 Å². The smallest absolute Gasteiger partial charge is 0.236 e. The quantitative estimate of drug-likeness (QED) is 0.762. The van der Waals surface area contributed by atoms with Crippen LogP contribution >= 0.6 is 11.3 Å². The maximum atomic E-state index is 11.8. The van der Waals surface area contributed by atoms with E-state index in [1.165, 1.54) is 16.2 Å². The van der Waals surface area contributed by atoms with E-state index in [0.29, 0.717) is 5.01 Å². The molecule has 1 aromatic rings. The Balaban J connectivity index is 2.69. The molecule has 16 heavy (non-hydrogen) atoms. The largest absolute Gasteiger partial charge is 0.331 e. The van der Waals surface area contributed by atoms with Gasteiger partial charge in [0.1, 0.15) is 0 Å². The molecule has 0 aromatic carbocycles. The molecule has 6 heteroatoms. The van der Waals surface area contributed by atoms with Crippen LogP contribution in [0.4, 0.5) is 0 Å². The number of Topliss-reactive ketones (excluding diaryl/α,β-unsaturated/α-hetero) is 1. The number of thiazole rings is 1. The fourth-order valence-electron chi connectivity index (χ4n) is 1.26. The summed E-state index contributed by atoms with van der Waals surface area (Å²) in [5.41, 5.74) is 5.29. The van der Waals surface area contributed by atoms with E-state index in [9.17, 15) is 9.59 Å². The number of amides is 1. The molecule has 1 rings (SSSR count). The van der Waals surface area contributed by atoms with Crippen molar-refractivity contribution >= 4 is 23.0 Å². The molecule has 0 bridgehead atoms. The summed E-state index contributed by atoms with van der Waals surface area (Å²) in [6.45, 7) is 3.66. The first kappa shape index (κ1) is 12.8. The molecule has 5 nitrogen and oxygen atoms in total. The van der Waals surface area contributed by atoms with Crippen molar-refractivity contribution < 1.29 is 9.59 Å². The lowest BCUT2D eigenvalue weighted by molar-refractivity contribution is -0.130. The molecule has 0 fully saturated rings. The third-order valence-electron chi connectivity index (χ3n) is 2.10. The van der Waals surface area contributed by atoms with Gasteiger partial charge < -0.3 is 10.6 Å². The van der Waals surface area contributed by atoms with E-state index in [4.69, 9.17) is 5.73 Å². The van der Waals surface area contributed by atoms with Crippen molar-refractivity contribution in [3.63, 3.8) is 0 Å². The van der Waals surface area contributed by atoms with Gasteiger partial charge in [-0.2, -0.15) is 0 Å². The minimum Gasteiger partial charge on any atom is -0.331 e. The van der Waals surface area contributed by atoms with E-state index in [1.54, 1.807) is 11.6 Å². The molecule has 2 N–H and O–H groups in total. The number of nitrogens with two attached hydrogens (primary N) is 1. The summed E-state index contributed by atoms with van der Waals surface area (Å²) in [5.74, 6) is -0.370. The fourth-order valence-corrected chi connectivity index (χ4v) is 1.83. The Labute approximate surface area is 98.3 Å². The van der Waals surface area contributed by atoms with Gasteiger partial charge in [-0.1, -0.05) is 0 Å². The molecular weight excluding hydrogens is 226 g/mol. The van der Waals surface area contributed by atoms with E-state index in [-0.39, 0.29) is 30.8 Å². The molecule has 0 saturated carbocycles. The third-order valence-corrected chi connectivity index (χ3v) is 2.92. The first-order chi connectivity index (χ1) is 7.56. The highest BCUT2D eigenvalue weighted by Crippen LogP contribution is 2.08. The molecule has 1 amide bonds. The van der Waals surface area contributed by atoms with Crippen molar-refractivity contribution in [2.24, 2.45) is 5.73 Å². The van der Waals surface area contributed by atoms with Gasteiger partial charge in [-0.3, -0.25) is 9.59 Å². The van der Waals surface area contributed by atoms with Gasteiger partial charge in [-0.05, 0) is 13.8 Å². The van der Waals surface area contributed by atoms with Crippen LogP contribution in [0.1, 0.15) is 23.6 Å². The normalized spacial score (nSPS) is 10.5. The Hall–Kier alpha value is -1.27. The van der Waals surface area contributed by atoms with Crippen molar-refractivity contribution in [1.29, 1.82) is 0 Å². The molecule has 0 aliphatic carbocycles. The Morgan fingerprint density at radius 1 is 1.56 bits per heavy atom. The molecule has 0 aliphatic rings. The highest BCUT2D eigenvalue weighted by atomic mass is 32.1. The topological polar surface area (TPSA) is 76.3 Å². The van der Waals surface area contributed by atoms with Gasteiger partial charge in [0.25, 0.3) is 0 Å². The molecule has 0 radical (unpaired) electrons. The maximum absolute atomic E-state index is 11.8. The zero-order chi connectivity index (χ0) is 12.1. The maximum Gasteiger partial charge on any atom is 0.236 e. The van der Waals surface area contributed by atoms with Crippen LogP contribution in [0.2, 0.25) is 0 Å². The van der Waals surface area contributed by atoms with Crippen molar-refractivity contribution in [3.05, 3.63) is 16.6 Å². The van der Waals surface area contributed by atoms with Gasteiger partial charge in [0.15, 0.2) is 5.01 Å². The lowest BCUT2D eigenvalue weighted by Gasteiger charge is -2.25. The minimum atomic E-state index is -0.222. The average molecular weight is 241 g/mol. The molecule has 1 aromatic heterocycles. The van der Waals surface area contributed by atoms with Crippen LogP contribution in [0.3, 0.4) is 0 Å². The molecule has 0 atom stereocenters. The lowest BCUT2D eigenvalue weighted by Crippen LogP contribution is -2.43. The SMILES string of the molecule is CC(C)N(CC(=O)c1nccs1)C(=O)CN. The number of carbonyl (C=O) groups is 2.